The summed E-state index contributed by atoms with van der Waals surface area (Å²) in [5.74, 6) is 1.31. The summed E-state index contributed by atoms with van der Waals surface area (Å²) in [6.07, 6.45) is 0. The fourth-order valence-electron chi connectivity index (χ4n) is 3.33. The number of methoxy groups -OCH3 is 1. The van der Waals surface area contributed by atoms with E-state index in [0.717, 1.165) is 25.4 Å². The third-order valence-electron chi connectivity index (χ3n) is 4.53. The van der Waals surface area contributed by atoms with E-state index in [0.29, 0.717) is 19.1 Å². The van der Waals surface area contributed by atoms with Crippen molar-refractivity contribution in [1.29, 1.82) is 0 Å². The van der Waals surface area contributed by atoms with E-state index < -0.39 is 0 Å². The van der Waals surface area contributed by atoms with E-state index >= 15 is 0 Å². The smallest absolute Gasteiger partial charge is 0.119 e. The molecule has 2 aromatic carbocycles. The highest BCUT2D eigenvalue weighted by atomic mass is 16.5. The number of nitrogens with zero attached hydrogens (tertiary/aromatic N) is 1. The summed E-state index contributed by atoms with van der Waals surface area (Å²) in [6, 6.07) is 19.1. The third kappa shape index (κ3) is 4.35. The van der Waals surface area contributed by atoms with E-state index in [1.165, 1.54) is 11.1 Å². The molecule has 1 saturated heterocycles. The molecule has 128 valence electrons. The predicted octanol–water partition coefficient (Wildman–Crippen LogP) is 2.64. The number of benzene rings is 2. The first-order chi connectivity index (χ1) is 11.8. The van der Waals surface area contributed by atoms with Gasteiger partial charge in [0.2, 0.25) is 0 Å². The molecule has 4 heteroatoms. The van der Waals surface area contributed by atoms with Gasteiger partial charge in [-0.05, 0) is 23.3 Å². The van der Waals surface area contributed by atoms with Crippen molar-refractivity contribution in [3.8, 4) is 5.75 Å². The number of ether oxygens (including phenoxy) is 2. The van der Waals surface area contributed by atoms with Crippen molar-refractivity contribution in [2.75, 3.05) is 33.4 Å². The zero-order valence-electron chi connectivity index (χ0n) is 14.2. The minimum absolute atomic E-state index is 0.188. The minimum Gasteiger partial charge on any atom is -0.491 e. The van der Waals surface area contributed by atoms with Crippen molar-refractivity contribution in [2.24, 2.45) is 5.73 Å². The van der Waals surface area contributed by atoms with E-state index in [-0.39, 0.29) is 6.04 Å². The maximum atomic E-state index is 6.39. The van der Waals surface area contributed by atoms with E-state index in [4.69, 9.17) is 15.2 Å². The highest BCUT2D eigenvalue weighted by Gasteiger charge is 2.30. The summed E-state index contributed by atoms with van der Waals surface area (Å²) in [7, 11) is 1.68. The topological polar surface area (TPSA) is 47.7 Å². The second-order valence-electron chi connectivity index (χ2n) is 6.36. The number of rotatable bonds is 7. The van der Waals surface area contributed by atoms with Crippen LogP contribution in [0.5, 0.6) is 5.75 Å². The molecule has 0 saturated carbocycles. The molecule has 1 aliphatic rings. The molecule has 0 amide bonds. The van der Waals surface area contributed by atoms with Gasteiger partial charge >= 0.3 is 0 Å². The van der Waals surface area contributed by atoms with Crippen LogP contribution in [0.15, 0.2) is 54.6 Å². The van der Waals surface area contributed by atoms with Gasteiger partial charge in [0, 0.05) is 38.7 Å². The van der Waals surface area contributed by atoms with Crippen molar-refractivity contribution in [2.45, 2.75) is 18.5 Å². The van der Waals surface area contributed by atoms with Gasteiger partial charge in [0.1, 0.15) is 12.4 Å². The monoisotopic (exact) mass is 326 g/mol. The van der Waals surface area contributed by atoms with Crippen LogP contribution < -0.4 is 10.5 Å². The predicted molar refractivity (Wildman–Crippen MR) is 96.2 cm³/mol. The average molecular weight is 326 g/mol. The fraction of sp³-hybridized carbons (Fsp3) is 0.400. The van der Waals surface area contributed by atoms with E-state index in [9.17, 15) is 0 Å². The molecule has 4 nitrogen and oxygen atoms in total. The van der Waals surface area contributed by atoms with Crippen LogP contribution in [0.1, 0.15) is 17.0 Å². The Morgan fingerprint density at radius 3 is 2.67 bits per heavy atom. The number of likely N-dealkylation sites (tertiary alicyclic amines) is 1. The van der Waals surface area contributed by atoms with Crippen molar-refractivity contribution in [3.05, 3.63) is 65.7 Å². The lowest BCUT2D eigenvalue weighted by Gasteiger charge is -2.17. The van der Waals surface area contributed by atoms with E-state index in [1.807, 2.05) is 12.1 Å². The summed E-state index contributed by atoms with van der Waals surface area (Å²) < 4.78 is 10.7. The standard InChI is InChI=1S/C20H26N2O2/c1-23-10-11-24-18-9-5-6-16(12-18)13-22-14-19(20(21)15-22)17-7-3-2-4-8-17/h2-9,12,19-20H,10-11,13-15,21H2,1H3/t19-,20+/m0/s1. The van der Waals surface area contributed by atoms with Crippen molar-refractivity contribution >= 4 is 0 Å². The molecule has 2 N–H and O–H groups in total. The third-order valence-corrected chi connectivity index (χ3v) is 4.53. The lowest BCUT2D eigenvalue weighted by atomic mass is 9.95. The Labute approximate surface area is 144 Å². The molecule has 24 heavy (non-hydrogen) atoms. The Balaban J connectivity index is 1.60. The molecule has 0 aromatic heterocycles. The van der Waals surface area contributed by atoms with Gasteiger partial charge in [-0.2, -0.15) is 0 Å². The SMILES string of the molecule is COCCOc1cccc(CN2C[C@@H](N)[C@H](c3ccccc3)C2)c1. The minimum atomic E-state index is 0.188. The summed E-state index contributed by atoms with van der Waals surface area (Å²) in [6.45, 7) is 4.00. The Hall–Kier alpha value is -1.88. The highest BCUT2D eigenvalue weighted by Crippen LogP contribution is 2.27. The molecule has 3 rings (SSSR count). The van der Waals surface area contributed by atoms with E-state index in [1.54, 1.807) is 7.11 Å². The normalized spacial score (nSPS) is 21.1. The van der Waals surface area contributed by atoms with Crippen LogP contribution >= 0.6 is 0 Å². The molecule has 2 atom stereocenters. The Morgan fingerprint density at radius 2 is 1.88 bits per heavy atom. The average Bonchev–Trinajstić information content (AvgIpc) is 2.96. The van der Waals surface area contributed by atoms with Gasteiger partial charge in [0.15, 0.2) is 0 Å². The van der Waals surface area contributed by atoms with Gasteiger partial charge in [-0.3, -0.25) is 4.90 Å². The lowest BCUT2D eigenvalue weighted by molar-refractivity contribution is 0.146. The Morgan fingerprint density at radius 1 is 1.04 bits per heavy atom. The van der Waals surface area contributed by atoms with Crippen LogP contribution in [0, 0.1) is 0 Å². The Bertz CT molecular complexity index is 633. The second-order valence-corrected chi connectivity index (χ2v) is 6.36. The first-order valence-electron chi connectivity index (χ1n) is 8.50. The van der Waals surface area contributed by atoms with Gasteiger partial charge in [0.25, 0.3) is 0 Å². The zero-order chi connectivity index (χ0) is 16.8. The van der Waals surface area contributed by atoms with Crippen LogP contribution in [0.25, 0.3) is 0 Å². The van der Waals surface area contributed by atoms with Crippen LogP contribution in [0.4, 0.5) is 0 Å². The van der Waals surface area contributed by atoms with Crippen molar-refractivity contribution < 1.29 is 9.47 Å². The summed E-state index contributed by atoms with van der Waals surface area (Å²) in [5.41, 5.74) is 8.98. The fourth-order valence-corrected chi connectivity index (χ4v) is 3.33. The molecule has 0 bridgehead atoms. The van der Waals surface area contributed by atoms with Crippen LogP contribution in [-0.2, 0) is 11.3 Å². The molecule has 1 heterocycles. The Kier molecular flexibility index (Phi) is 5.86. The molecule has 0 unspecified atom stereocenters. The van der Waals surface area contributed by atoms with Gasteiger partial charge in [-0.25, -0.2) is 0 Å². The largest absolute Gasteiger partial charge is 0.491 e. The molecular weight excluding hydrogens is 300 g/mol. The number of hydrogen-bond donors (Lipinski definition) is 1. The summed E-state index contributed by atoms with van der Waals surface area (Å²) in [4.78, 5) is 2.43. The molecule has 1 aliphatic heterocycles. The molecule has 2 aromatic rings. The first kappa shape index (κ1) is 17.0. The van der Waals surface area contributed by atoms with Gasteiger partial charge in [-0.15, -0.1) is 0 Å². The lowest BCUT2D eigenvalue weighted by Crippen LogP contribution is -2.28. The first-order valence-corrected chi connectivity index (χ1v) is 8.50. The molecule has 1 fully saturated rings. The van der Waals surface area contributed by atoms with Crippen molar-refractivity contribution in [1.82, 2.24) is 4.90 Å². The number of nitrogens with two attached hydrogens (primary N) is 1. The van der Waals surface area contributed by atoms with Gasteiger partial charge in [0.05, 0.1) is 6.61 Å². The maximum absolute atomic E-state index is 6.39. The molecule has 0 spiro atoms. The van der Waals surface area contributed by atoms with Crippen LogP contribution in [0.2, 0.25) is 0 Å². The van der Waals surface area contributed by atoms with Crippen LogP contribution in [-0.4, -0.2) is 44.4 Å². The quantitative estimate of drug-likeness (QED) is 0.795. The second kappa shape index (κ2) is 8.29. The van der Waals surface area contributed by atoms with E-state index in [2.05, 4.69) is 47.4 Å². The highest BCUT2D eigenvalue weighted by molar-refractivity contribution is 5.29. The van der Waals surface area contributed by atoms with Gasteiger partial charge < -0.3 is 15.2 Å². The summed E-state index contributed by atoms with van der Waals surface area (Å²) >= 11 is 0. The zero-order valence-corrected chi connectivity index (χ0v) is 14.2. The van der Waals surface area contributed by atoms with Gasteiger partial charge in [-0.1, -0.05) is 42.5 Å². The molecule has 0 aliphatic carbocycles. The van der Waals surface area contributed by atoms with Crippen LogP contribution in [0.3, 0.4) is 0 Å². The van der Waals surface area contributed by atoms with Crippen molar-refractivity contribution in [3.63, 3.8) is 0 Å². The molecular formula is C20H26N2O2. The summed E-state index contributed by atoms with van der Waals surface area (Å²) in [5, 5.41) is 0. The molecule has 0 radical (unpaired) electrons. The number of hydrogen-bond acceptors (Lipinski definition) is 4. The maximum Gasteiger partial charge on any atom is 0.119 e.